The minimum Gasteiger partial charge on any atom is -0.456 e. The number of fused-ring (bicyclic) bond motifs is 10. The van der Waals surface area contributed by atoms with Gasteiger partial charge in [0.05, 0.1) is 0 Å². The second kappa shape index (κ2) is 16.7. The zero-order chi connectivity index (χ0) is 46.8. The van der Waals surface area contributed by atoms with E-state index in [9.17, 15) is 0 Å². The molecule has 330 valence electrons. The third kappa shape index (κ3) is 6.70. The van der Waals surface area contributed by atoms with Gasteiger partial charge < -0.3 is 4.42 Å². The number of rotatable bonds is 4. The summed E-state index contributed by atoms with van der Waals surface area (Å²) in [5.74, 6) is 0. The zero-order valence-electron chi connectivity index (χ0n) is 38.8. The van der Waals surface area contributed by atoms with Crippen LogP contribution in [0, 0.1) is 0 Å². The molecule has 15 aromatic rings. The normalized spacial score (nSPS) is 11.7. The largest absolute Gasteiger partial charge is 0.456 e. The van der Waals surface area contributed by atoms with Crippen molar-refractivity contribution in [2.75, 3.05) is 0 Å². The van der Waals surface area contributed by atoms with Crippen LogP contribution in [0.3, 0.4) is 0 Å². The van der Waals surface area contributed by atoms with Crippen LogP contribution in [-0.4, -0.2) is 0 Å². The van der Waals surface area contributed by atoms with Crippen LogP contribution in [0.25, 0.3) is 142 Å². The maximum Gasteiger partial charge on any atom is 0.136 e. The summed E-state index contributed by atoms with van der Waals surface area (Å²) in [6.45, 7) is 0. The monoisotopic (exact) mass is 900 g/mol. The van der Waals surface area contributed by atoms with E-state index in [4.69, 9.17) is 4.42 Å². The van der Waals surface area contributed by atoms with Crippen LogP contribution in [0.5, 0.6) is 0 Å². The SMILES string of the molecule is c1ccc(-c2c3ccccc3c(-c3cccc4oc5cc6ccccc6cc5c34)c3ccccc23)cc1.c1ccc2cc(-c3c4ccccc4c(-c4cccc5ccccc45)c4ccccc34)ccc2c1. The molecular formula is C70H44O. The highest BCUT2D eigenvalue weighted by molar-refractivity contribution is 6.27. The summed E-state index contributed by atoms with van der Waals surface area (Å²) >= 11 is 0. The van der Waals surface area contributed by atoms with Gasteiger partial charge in [0.25, 0.3) is 0 Å². The van der Waals surface area contributed by atoms with E-state index in [0.717, 1.165) is 16.6 Å². The van der Waals surface area contributed by atoms with Crippen LogP contribution in [0.15, 0.2) is 271 Å². The molecule has 1 heteroatoms. The second-order valence-corrected chi connectivity index (χ2v) is 18.6. The van der Waals surface area contributed by atoms with Crippen LogP contribution in [0.4, 0.5) is 0 Å². The molecular weight excluding hydrogens is 857 g/mol. The Hall–Kier alpha value is -9.30. The van der Waals surface area contributed by atoms with Crippen molar-refractivity contribution in [3.8, 4) is 44.5 Å². The quantitative estimate of drug-likeness (QED) is 0.160. The molecule has 1 aromatic heterocycles. The minimum atomic E-state index is 0.920. The van der Waals surface area contributed by atoms with Gasteiger partial charge in [-0.3, -0.25) is 0 Å². The van der Waals surface area contributed by atoms with Crippen molar-refractivity contribution < 1.29 is 4.42 Å². The summed E-state index contributed by atoms with van der Waals surface area (Å²) < 4.78 is 6.44. The van der Waals surface area contributed by atoms with Crippen molar-refractivity contribution in [1.82, 2.24) is 0 Å². The van der Waals surface area contributed by atoms with Gasteiger partial charge in [-0.15, -0.1) is 0 Å². The lowest BCUT2D eigenvalue weighted by molar-refractivity contribution is 0.669. The summed E-state index contributed by atoms with van der Waals surface area (Å²) in [5.41, 5.74) is 12.0. The molecule has 1 heterocycles. The Morgan fingerprint density at radius 3 is 1.20 bits per heavy atom. The standard InChI is InChI=1S/C36H22O.C34H22/c1-2-11-23(12-3-1)34-26-15-6-8-17-28(26)35(29-18-9-7-16-27(29)34)30-19-10-20-32-36(30)31-21-24-13-4-5-14-25(24)22-33(31)37-32;1-2-12-25-22-26(21-20-23(25)10-1)33-29-15-5-7-17-31(29)34(32-18-8-6-16-30(32)33)28-19-9-13-24-11-3-4-14-27(24)28/h1-22H;1-22H. The number of hydrogen-bond donors (Lipinski definition) is 0. The average Bonchev–Trinajstić information content (AvgIpc) is 3.81. The molecule has 0 fully saturated rings. The molecule has 71 heavy (non-hydrogen) atoms. The van der Waals surface area contributed by atoms with E-state index in [1.165, 1.54) is 125 Å². The smallest absolute Gasteiger partial charge is 0.136 e. The van der Waals surface area contributed by atoms with Gasteiger partial charge in [0.15, 0.2) is 0 Å². The number of benzene rings is 14. The topological polar surface area (TPSA) is 13.1 Å². The van der Waals surface area contributed by atoms with Crippen molar-refractivity contribution in [3.05, 3.63) is 267 Å². The number of furan rings is 1. The molecule has 0 N–H and O–H groups in total. The summed E-state index contributed by atoms with van der Waals surface area (Å²) in [6.07, 6.45) is 0. The van der Waals surface area contributed by atoms with Gasteiger partial charge in [-0.05, 0) is 144 Å². The summed E-state index contributed by atoms with van der Waals surface area (Å²) in [4.78, 5) is 0. The Labute approximate surface area is 411 Å². The molecule has 0 unspecified atom stereocenters. The second-order valence-electron chi connectivity index (χ2n) is 18.6. The highest BCUT2D eigenvalue weighted by Crippen LogP contribution is 2.48. The molecule has 0 aliphatic rings. The lowest BCUT2D eigenvalue weighted by atomic mass is 9.84. The predicted molar refractivity (Wildman–Crippen MR) is 304 cm³/mol. The molecule has 0 spiro atoms. The average molecular weight is 901 g/mol. The predicted octanol–water partition coefficient (Wildman–Crippen LogP) is 20.0. The van der Waals surface area contributed by atoms with E-state index in [2.05, 4.69) is 267 Å². The fourth-order valence-corrected chi connectivity index (χ4v) is 11.6. The first-order chi connectivity index (χ1) is 35.2. The van der Waals surface area contributed by atoms with E-state index in [1.54, 1.807) is 0 Å². The van der Waals surface area contributed by atoms with Crippen molar-refractivity contribution in [3.63, 3.8) is 0 Å². The highest BCUT2D eigenvalue weighted by atomic mass is 16.3. The lowest BCUT2D eigenvalue weighted by Crippen LogP contribution is -1.91. The third-order valence-electron chi connectivity index (χ3n) is 14.7. The fraction of sp³-hybridized carbons (Fsp3) is 0. The summed E-state index contributed by atoms with van der Waals surface area (Å²) in [6, 6.07) is 96.4. The highest BCUT2D eigenvalue weighted by Gasteiger charge is 2.21. The molecule has 0 bridgehead atoms. The van der Waals surface area contributed by atoms with Crippen molar-refractivity contribution in [1.29, 1.82) is 0 Å². The Morgan fingerprint density at radius 1 is 0.197 bits per heavy atom. The van der Waals surface area contributed by atoms with E-state index in [0.29, 0.717) is 0 Å². The van der Waals surface area contributed by atoms with Gasteiger partial charge in [-0.25, -0.2) is 0 Å². The molecule has 15 rings (SSSR count). The molecule has 0 radical (unpaired) electrons. The first kappa shape index (κ1) is 40.7. The first-order valence-corrected chi connectivity index (χ1v) is 24.5. The molecule has 0 aliphatic carbocycles. The molecule has 1 nitrogen and oxygen atoms in total. The minimum absolute atomic E-state index is 0.920. The van der Waals surface area contributed by atoms with E-state index < -0.39 is 0 Å². The summed E-state index contributed by atoms with van der Waals surface area (Å²) in [5, 5.41) is 20.0. The van der Waals surface area contributed by atoms with Gasteiger partial charge in [0.1, 0.15) is 11.2 Å². The Balaban J connectivity index is 0.000000133. The molecule has 0 aliphatic heterocycles. The molecule has 0 atom stereocenters. The Kier molecular flexibility index (Phi) is 9.60. The Bertz CT molecular complexity index is 4460. The van der Waals surface area contributed by atoms with E-state index >= 15 is 0 Å². The number of hydrogen-bond acceptors (Lipinski definition) is 1. The van der Waals surface area contributed by atoms with Crippen LogP contribution in [0.1, 0.15) is 0 Å². The maximum absolute atomic E-state index is 6.44. The van der Waals surface area contributed by atoms with Crippen molar-refractivity contribution >= 4 is 97.3 Å². The Morgan fingerprint density at radius 2 is 0.606 bits per heavy atom. The van der Waals surface area contributed by atoms with Gasteiger partial charge in [-0.2, -0.15) is 0 Å². The maximum atomic E-state index is 6.44. The van der Waals surface area contributed by atoms with Crippen LogP contribution in [0.2, 0.25) is 0 Å². The van der Waals surface area contributed by atoms with Gasteiger partial charge in [-0.1, -0.05) is 243 Å². The zero-order valence-corrected chi connectivity index (χ0v) is 38.8. The van der Waals surface area contributed by atoms with Crippen LogP contribution in [-0.2, 0) is 0 Å². The molecule has 0 saturated heterocycles. The molecule has 0 saturated carbocycles. The first-order valence-electron chi connectivity index (χ1n) is 24.5. The van der Waals surface area contributed by atoms with Crippen molar-refractivity contribution in [2.24, 2.45) is 0 Å². The molecule has 14 aromatic carbocycles. The fourth-order valence-electron chi connectivity index (χ4n) is 11.6. The van der Waals surface area contributed by atoms with E-state index in [1.807, 2.05) is 0 Å². The van der Waals surface area contributed by atoms with E-state index in [-0.39, 0.29) is 0 Å². The van der Waals surface area contributed by atoms with Crippen LogP contribution < -0.4 is 0 Å². The van der Waals surface area contributed by atoms with Gasteiger partial charge in [0, 0.05) is 10.8 Å². The summed E-state index contributed by atoms with van der Waals surface area (Å²) in [7, 11) is 0. The van der Waals surface area contributed by atoms with Crippen molar-refractivity contribution in [2.45, 2.75) is 0 Å². The third-order valence-corrected chi connectivity index (χ3v) is 14.7. The van der Waals surface area contributed by atoms with Gasteiger partial charge >= 0.3 is 0 Å². The molecule has 0 amide bonds. The van der Waals surface area contributed by atoms with Gasteiger partial charge in [0.2, 0.25) is 0 Å². The lowest BCUT2D eigenvalue weighted by Gasteiger charge is -2.19. The van der Waals surface area contributed by atoms with Crippen LogP contribution >= 0.6 is 0 Å².